The highest BCUT2D eigenvalue weighted by atomic mass is 16.7. The van der Waals surface area contributed by atoms with E-state index >= 15 is 0 Å². The third-order valence-electron chi connectivity index (χ3n) is 5.57. The molecule has 0 radical (unpaired) electrons. The van der Waals surface area contributed by atoms with Crippen molar-refractivity contribution in [3.8, 4) is 28.4 Å². The average Bonchev–Trinajstić information content (AvgIpc) is 3.46. The van der Waals surface area contributed by atoms with Crippen LogP contribution in [0.4, 0.5) is 0 Å². The summed E-state index contributed by atoms with van der Waals surface area (Å²) < 4.78 is 13.0. The van der Waals surface area contributed by atoms with Crippen LogP contribution in [0.25, 0.3) is 16.9 Å². The maximum absolute atomic E-state index is 5.59. The number of ether oxygens (including phenoxy) is 2. The summed E-state index contributed by atoms with van der Waals surface area (Å²) in [6.07, 6.45) is 5.46. The Kier molecular flexibility index (Phi) is 5.09. The fourth-order valence-electron chi connectivity index (χ4n) is 3.70. The van der Waals surface area contributed by atoms with E-state index in [-0.39, 0.29) is 12.8 Å². The van der Waals surface area contributed by atoms with Crippen molar-refractivity contribution in [1.82, 2.24) is 24.6 Å². The molecule has 4 aromatic rings. The van der Waals surface area contributed by atoms with Crippen LogP contribution in [0.5, 0.6) is 11.5 Å². The lowest BCUT2D eigenvalue weighted by Crippen LogP contribution is -2.22. The van der Waals surface area contributed by atoms with Crippen molar-refractivity contribution in [3.05, 3.63) is 84.6 Å². The lowest BCUT2D eigenvalue weighted by Gasteiger charge is -2.24. The zero-order valence-corrected chi connectivity index (χ0v) is 17.5. The first-order valence-electron chi connectivity index (χ1n) is 10.2. The first-order chi connectivity index (χ1) is 15.2. The molecule has 7 nitrogen and oxygen atoms in total. The third-order valence-corrected chi connectivity index (χ3v) is 5.57. The van der Waals surface area contributed by atoms with Crippen molar-refractivity contribution < 1.29 is 9.47 Å². The highest BCUT2D eigenvalue weighted by Gasteiger charge is 2.21. The molecule has 5 rings (SSSR count). The molecule has 0 bridgehead atoms. The number of para-hydroxylation sites is 1. The molecule has 31 heavy (non-hydrogen) atoms. The lowest BCUT2D eigenvalue weighted by atomic mass is 10.1. The van der Waals surface area contributed by atoms with E-state index in [2.05, 4.69) is 35.0 Å². The predicted octanol–water partition coefficient (Wildman–Crippen LogP) is 4.25. The van der Waals surface area contributed by atoms with E-state index in [0.29, 0.717) is 6.54 Å². The molecule has 0 amide bonds. The van der Waals surface area contributed by atoms with Gasteiger partial charge in [0.1, 0.15) is 6.33 Å². The Morgan fingerprint density at radius 1 is 1.06 bits per heavy atom. The Morgan fingerprint density at radius 2 is 1.90 bits per heavy atom. The zero-order chi connectivity index (χ0) is 21.2. The molecule has 0 aliphatic carbocycles. The van der Waals surface area contributed by atoms with E-state index in [4.69, 9.17) is 14.6 Å². The molecular formula is C24H23N5O2. The van der Waals surface area contributed by atoms with Gasteiger partial charge in [0.2, 0.25) is 6.79 Å². The van der Waals surface area contributed by atoms with Gasteiger partial charge in [0, 0.05) is 36.1 Å². The minimum atomic E-state index is 0.132. The molecule has 7 heteroatoms. The summed E-state index contributed by atoms with van der Waals surface area (Å²) in [6, 6.07) is 18.2. The topological polar surface area (TPSA) is 65.3 Å². The Bertz CT molecular complexity index is 1180. The van der Waals surface area contributed by atoms with Gasteiger partial charge in [-0.3, -0.25) is 4.90 Å². The van der Waals surface area contributed by atoms with Crippen molar-refractivity contribution in [1.29, 1.82) is 0 Å². The van der Waals surface area contributed by atoms with Crippen molar-refractivity contribution in [2.24, 2.45) is 0 Å². The van der Waals surface area contributed by atoms with Crippen LogP contribution in [0.2, 0.25) is 0 Å². The smallest absolute Gasteiger partial charge is 0.231 e. The van der Waals surface area contributed by atoms with Gasteiger partial charge in [-0.15, -0.1) is 0 Å². The molecule has 0 saturated heterocycles. The van der Waals surface area contributed by atoms with Gasteiger partial charge in [0.05, 0.1) is 17.1 Å². The van der Waals surface area contributed by atoms with Gasteiger partial charge in [-0.05, 0) is 50.4 Å². The Balaban J connectivity index is 1.51. The molecule has 1 atom stereocenters. The minimum absolute atomic E-state index is 0.132. The van der Waals surface area contributed by atoms with Gasteiger partial charge in [-0.1, -0.05) is 18.2 Å². The molecule has 2 aromatic carbocycles. The summed E-state index contributed by atoms with van der Waals surface area (Å²) in [5.41, 5.74) is 5.03. The number of rotatable bonds is 6. The fraction of sp³-hybridized carbons (Fsp3) is 0.208. The summed E-state index contributed by atoms with van der Waals surface area (Å²) in [5.74, 6) is 1.52. The van der Waals surface area contributed by atoms with Gasteiger partial charge >= 0.3 is 0 Å². The SMILES string of the molecule is CC(c1ccncn1)N(C)Cc1cn(-c2ccccc2)nc1-c1ccc2c(c1)OCO2. The van der Waals surface area contributed by atoms with Crippen LogP contribution in [0.15, 0.2) is 73.3 Å². The van der Waals surface area contributed by atoms with Crippen LogP contribution in [0.3, 0.4) is 0 Å². The second-order valence-corrected chi connectivity index (χ2v) is 7.58. The molecular weight excluding hydrogens is 390 g/mol. The van der Waals surface area contributed by atoms with E-state index in [1.165, 1.54) is 0 Å². The monoisotopic (exact) mass is 413 g/mol. The number of aromatic nitrogens is 4. The van der Waals surface area contributed by atoms with Crippen LogP contribution in [-0.4, -0.2) is 38.5 Å². The predicted molar refractivity (Wildman–Crippen MR) is 117 cm³/mol. The average molecular weight is 413 g/mol. The van der Waals surface area contributed by atoms with Crippen LogP contribution >= 0.6 is 0 Å². The second-order valence-electron chi connectivity index (χ2n) is 7.58. The summed E-state index contributed by atoms with van der Waals surface area (Å²) >= 11 is 0. The quantitative estimate of drug-likeness (QED) is 0.471. The summed E-state index contributed by atoms with van der Waals surface area (Å²) in [7, 11) is 2.09. The number of hydrogen-bond donors (Lipinski definition) is 0. The van der Waals surface area contributed by atoms with Crippen LogP contribution < -0.4 is 9.47 Å². The zero-order valence-electron chi connectivity index (χ0n) is 17.5. The first-order valence-corrected chi connectivity index (χ1v) is 10.2. The number of fused-ring (bicyclic) bond motifs is 1. The Labute approximate surface area is 180 Å². The lowest BCUT2D eigenvalue weighted by molar-refractivity contribution is 0.174. The molecule has 0 fully saturated rings. The van der Waals surface area contributed by atoms with Gasteiger partial charge in [0.25, 0.3) is 0 Å². The molecule has 1 aliphatic heterocycles. The van der Waals surface area contributed by atoms with Crippen molar-refractivity contribution in [3.63, 3.8) is 0 Å². The molecule has 0 N–H and O–H groups in total. The van der Waals surface area contributed by atoms with Gasteiger partial charge in [-0.25, -0.2) is 14.6 Å². The summed E-state index contributed by atoms with van der Waals surface area (Å²) in [4.78, 5) is 10.7. The normalized spacial score (nSPS) is 13.5. The van der Waals surface area contributed by atoms with Crippen LogP contribution in [-0.2, 0) is 6.54 Å². The van der Waals surface area contributed by atoms with Crippen LogP contribution in [0.1, 0.15) is 24.2 Å². The Hall–Kier alpha value is -3.71. The van der Waals surface area contributed by atoms with Crippen molar-refractivity contribution in [2.75, 3.05) is 13.8 Å². The van der Waals surface area contributed by atoms with Crippen LogP contribution in [0, 0.1) is 0 Å². The standard InChI is InChI=1S/C24H23N5O2/c1-17(21-10-11-25-15-26-21)28(2)13-19-14-29(20-6-4-3-5-7-20)27-24(19)18-8-9-22-23(12-18)31-16-30-22/h3-12,14-15,17H,13,16H2,1-2H3. The maximum Gasteiger partial charge on any atom is 0.231 e. The van der Waals surface area contributed by atoms with E-state index in [1.807, 2.05) is 59.3 Å². The fourth-order valence-corrected chi connectivity index (χ4v) is 3.70. The number of hydrogen-bond acceptors (Lipinski definition) is 6. The third kappa shape index (κ3) is 3.87. The van der Waals surface area contributed by atoms with E-state index in [0.717, 1.165) is 39.7 Å². The highest BCUT2D eigenvalue weighted by Crippen LogP contribution is 2.37. The van der Waals surface area contributed by atoms with E-state index < -0.39 is 0 Å². The molecule has 0 saturated carbocycles. The van der Waals surface area contributed by atoms with Crippen molar-refractivity contribution >= 4 is 0 Å². The van der Waals surface area contributed by atoms with Gasteiger partial charge in [0.15, 0.2) is 11.5 Å². The van der Waals surface area contributed by atoms with E-state index in [9.17, 15) is 0 Å². The summed E-state index contributed by atoms with van der Waals surface area (Å²) in [6.45, 7) is 3.11. The molecule has 1 aliphatic rings. The van der Waals surface area contributed by atoms with Crippen molar-refractivity contribution in [2.45, 2.75) is 19.5 Å². The summed E-state index contributed by atoms with van der Waals surface area (Å²) in [5, 5.41) is 4.93. The Morgan fingerprint density at radius 3 is 2.71 bits per heavy atom. The molecule has 1 unspecified atom stereocenters. The minimum Gasteiger partial charge on any atom is -0.454 e. The largest absolute Gasteiger partial charge is 0.454 e. The number of nitrogens with zero attached hydrogens (tertiary/aromatic N) is 5. The van der Waals surface area contributed by atoms with Gasteiger partial charge in [-0.2, -0.15) is 5.10 Å². The molecule has 0 spiro atoms. The molecule has 156 valence electrons. The highest BCUT2D eigenvalue weighted by molar-refractivity contribution is 5.67. The number of benzene rings is 2. The molecule has 3 heterocycles. The molecule has 2 aromatic heterocycles. The van der Waals surface area contributed by atoms with Gasteiger partial charge < -0.3 is 9.47 Å². The second kappa shape index (κ2) is 8.20. The first kappa shape index (κ1) is 19.3. The maximum atomic E-state index is 5.59. The van der Waals surface area contributed by atoms with E-state index in [1.54, 1.807) is 12.5 Å².